The van der Waals surface area contributed by atoms with E-state index in [1.807, 2.05) is 0 Å². The van der Waals surface area contributed by atoms with Crippen LogP contribution in [0.2, 0.25) is 5.02 Å². The summed E-state index contributed by atoms with van der Waals surface area (Å²) in [5.41, 5.74) is 0.608. The maximum atomic E-state index is 13.8. The number of rotatable bonds is 5. The Hall–Kier alpha value is -2.26. The van der Waals surface area contributed by atoms with E-state index in [4.69, 9.17) is 16.3 Å². The number of amides is 1. The summed E-state index contributed by atoms with van der Waals surface area (Å²) >= 11 is 5.67. The number of carbonyl (C=O) groups is 1. The third kappa shape index (κ3) is 4.77. The predicted molar refractivity (Wildman–Crippen MR) is 105 cm³/mol. The Morgan fingerprint density at radius 1 is 1.14 bits per heavy atom. The van der Waals surface area contributed by atoms with Gasteiger partial charge in [0.05, 0.1) is 28.8 Å². The van der Waals surface area contributed by atoms with Crippen molar-refractivity contribution in [2.24, 2.45) is 0 Å². The van der Waals surface area contributed by atoms with Crippen molar-refractivity contribution in [3.63, 3.8) is 0 Å². The van der Waals surface area contributed by atoms with E-state index in [9.17, 15) is 17.6 Å². The first-order valence-corrected chi connectivity index (χ1v) is 10.3. The van der Waals surface area contributed by atoms with E-state index in [1.54, 1.807) is 12.1 Å². The lowest BCUT2D eigenvalue weighted by atomic mass is 10.2. The molecule has 0 saturated carbocycles. The number of benzene rings is 2. The molecular weight excluding hydrogens is 407 g/mol. The fourth-order valence-electron chi connectivity index (χ4n) is 2.63. The molecule has 9 heteroatoms. The lowest BCUT2D eigenvalue weighted by molar-refractivity contribution is -0.111. The van der Waals surface area contributed by atoms with Crippen LogP contribution in [-0.2, 0) is 19.6 Å². The van der Waals surface area contributed by atoms with Crippen LogP contribution in [0.3, 0.4) is 0 Å². The van der Waals surface area contributed by atoms with Crippen LogP contribution in [0.15, 0.2) is 53.4 Å². The van der Waals surface area contributed by atoms with E-state index >= 15 is 0 Å². The first-order valence-electron chi connectivity index (χ1n) is 8.49. The molecule has 2 aromatic carbocycles. The molecule has 1 saturated heterocycles. The Balaban J connectivity index is 1.66. The third-order valence-corrected chi connectivity index (χ3v) is 6.33. The van der Waals surface area contributed by atoms with Crippen molar-refractivity contribution in [1.29, 1.82) is 0 Å². The molecular formula is C19H18ClFN2O4S. The summed E-state index contributed by atoms with van der Waals surface area (Å²) in [6.07, 6.45) is 2.73. The second-order valence-electron chi connectivity index (χ2n) is 6.01. The predicted octanol–water partition coefficient (Wildman–Crippen LogP) is 3.15. The highest BCUT2D eigenvalue weighted by molar-refractivity contribution is 7.89. The minimum Gasteiger partial charge on any atom is -0.379 e. The van der Waals surface area contributed by atoms with Crippen LogP contribution in [-0.4, -0.2) is 44.9 Å². The topological polar surface area (TPSA) is 75.7 Å². The molecule has 1 heterocycles. The van der Waals surface area contributed by atoms with Crippen molar-refractivity contribution in [1.82, 2.24) is 4.31 Å². The Kier molecular flexibility index (Phi) is 6.46. The highest BCUT2D eigenvalue weighted by Gasteiger charge is 2.25. The van der Waals surface area contributed by atoms with Gasteiger partial charge in [-0.2, -0.15) is 4.31 Å². The number of nitrogens with zero attached hydrogens (tertiary/aromatic N) is 1. The second-order valence-corrected chi connectivity index (χ2v) is 8.35. The first kappa shape index (κ1) is 20.5. The molecule has 0 aliphatic carbocycles. The normalized spacial score (nSPS) is 15.6. The van der Waals surface area contributed by atoms with Crippen LogP contribution in [0.5, 0.6) is 0 Å². The van der Waals surface area contributed by atoms with Crippen LogP contribution in [0, 0.1) is 5.82 Å². The van der Waals surface area contributed by atoms with E-state index in [0.717, 1.165) is 0 Å². The smallest absolute Gasteiger partial charge is 0.248 e. The van der Waals surface area contributed by atoms with E-state index in [-0.39, 0.29) is 15.6 Å². The van der Waals surface area contributed by atoms with Gasteiger partial charge in [0, 0.05) is 19.2 Å². The quantitative estimate of drug-likeness (QED) is 0.748. The standard InChI is InChI=1S/C19H18ClFN2O4S/c20-16-2-1-3-17(19(16)21)22-18(24)9-6-14-4-7-15(8-5-14)28(25,26)23-10-12-27-13-11-23/h1-9H,10-13H2,(H,22,24)/b9-6+. The Morgan fingerprint density at radius 3 is 2.50 bits per heavy atom. The van der Waals surface area contributed by atoms with E-state index in [2.05, 4.69) is 5.32 Å². The molecule has 1 N–H and O–H groups in total. The van der Waals surface area contributed by atoms with Crippen molar-refractivity contribution in [3.8, 4) is 0 Å². The monoisotopic (exact) mass is 424 g/mol. The average molecular weight is 425 g/mol. The minimum absolute atomic E-state index is 0.0193. The molecule has 6 nitrogen and oxygen atoms in total. The number of nitrogens with one attached hydrogen (secondary N) is 1. The molecule has 0 spiro atoms. The van der Waals surface area contributed by atoms with Gasteiger partial charge < -0.3 is 10.1 Å². The summed E-state index contributed by atoms with van der Waals surface area (Å²) in [6.45, 7) is 1.40. The molecule has 2 aromatic rings. The van der Waals surface area contributed by atoms with Gasteiger partial charge >= 0.3 is 0 Å². The summed E-state index contributed by atoms with van der Waals surface area (Å²) in [7, 11) is -3.56. The molecule has 1 amide bonds. The van der Waals surface area contributed by atoms with E-state index < -0.39 is 21.7 Å². The molecule has 1 fully saturated rings. The van der Waals surface area contributed by atoms with Crippen molar-refractivity contribution in [3.05, 3.63) is 64.9 Å². The van der Waals surface area contributed by atoms with Gasteiger partial charge in [-0.25, -0.2) is 12.8 Å². The summed E-state index contributed by atoms with van der Waals surface area (Å²) in [5, 5.41) is 2.32. The number of halogens is 2. The van der Waals surface area contributed by atoms with Gasteiger partial charge in [-0.05, 0) is 35.9 Å². The molecule has 1 aliphatic heterocycles. The molecule has 28 heavy (non-hydrogen) atoms. The van der Waals surface area contributed by atoms with Gasteiger partial charge in [0.25, 0.3) is 0 Å². The zero-order valence-corrected chi connectivity index (χ0v) is 16.3. The maximum absolute atomic E-state index is 13.8. The Morgan fingerprint density at radius 2 is 1.82 bits per heavy atom. The van der Waals surface area contributed by atoms with E-state index in [1.165, 1.54) is 46.8 Å². The summed E-state index contributed by atoms with van der Waals surface area (Å²) in [5.74, 6) is -1.24. The van der Waals surface area contributed by atoms with Gasteiger partial charge in [0.15, 0.2) is 5.82 Å². The lowest BCUT2D eigenvalue weighted by Crippen LogP contribution is -2.40. The molecule has 0 aromatic heterocycles. The minimum atomic E-state index is -3.56. The third-order valence-electron chi connectivity index (χ3n) is 4.12. The van der Waals surface area contributed by atoms with Crippen molar-refractivity contribution in [2.75, 3.05) is 31.6 Å². The van der Waals surface area contributed by atoms with Crippen LogP contribution < -0.4 is 5.32 Å². The molecule has 0 radical (unpaired) electrons. The second kappa shape index (κ2) is 8.83. The summed E-state index contributed by atoms with van der Waals surface area (Å²) < 4.78 is 45.5. The van der Waals surface area contributed by atoms with Crippen molar-refractivity contribution >= 4 is 39.3 Å². The molecule has 3 rings (SSSR count). The maximum Gasteiger partial charge on any atom is 0.248 e. The Bertz CT molecular complexity index is 987. The van der Waals surface area contributed by atoms with Crippen LogP contribution in [0.25, 0.3) is 6.08 Å². The number of hydrogen-bond acceptors (Lipinski definition) is 4. The number of carbonyl (C=O) groups excluding carboxylic acids is 1. The number of anilines is 1. The fourth-order valence-corrected chi connectivity index (χ4v) is 4.22. The number of hydrogen-bond donors (Lipinski definition) is 1. The molecule has 0 atom stereocenters. The van der Waals surface area contributed by atoms with Gasteiger partial charge in [-0.15, -0.1) is 0 Å². The summed E-state index contributed by atoms with van der Waals surface area (Å²) in [4.78, 5) is 12.1. The van der Waals surface area contributed by atoms with Gasteiger partial charge in [0.2, 0.25) is 15.9 Å². The molecule has 1 aliphatic rings. The molecule has 0 unspecified atom stereocenters. The molecule has 148 valence electrons. The van der Waals surface area contributed by atoms with Crippen molar-refractivity contribution in [2.45, 2.75) is 4.90 Å². The number of ether oxygens (including phenoxy) is 1. The van der Waals surface area contributed by atoms with Crippen LogP contribution >= 0.6 is 11.6 Å². The van der Waals surface area contributed by atoms with Gasteiger partial charge in [-0.1, -0.05) is 29.8 Å². The average Bonchev–Trinajstić information content (AvgIpc) is 2.71. The highest BCUT2D eigenvalue weighted by atomic mass is 35.5. The van der Waals surface area contributed by atoms with Crippen LogP contribution in [0.1, 0.15) is 5.56 Å². The molecule has 0 bridgehead atoms. The first-order chi connectivity index (χ1) is 13.4. The number of sulfonamides is 1. The van der Waals surface area contributed by atoms with Crippen LogP contribution in [0.4, 0.5) is 10.1 Å². The van der Waals surface area contributed by atoms with Crippen molar-refractivity contribution < 1.29 is 22.3 Å². The zero-order valence-electron chi connectivity index (χ0n) is 14.8. The highest BCUT2D eigenvalue weighted by Crippen LogP contribution is 2.22. The van der Waals surface area contributed by atoms with Gasteiger partial charge in [-0.3, -0.25) is 4.79 Å². The lowest BCUT2D eigenvalue weighted by Gasteiger charge is -2.26. The Labute approximate surface area is 167 Å². The zero-order chi connectivity index (χ0) is 20.1. The summed E-state index contributed by atoms with van der Waals surface area (Å²) in [6, 6.07) is 10.5. The fraction of sp³-hybridized carbons (Fsp3) is 0.211. The van der Waals surface area contributed by atoms with E-state index in [0.29, 0.717) is 31.9 Å². The SMILES string of the molecule is O=C(/C=C/c1ccc(S(=O)(=O)N2CCOCC2)cc1)Nc1cccc(Cl)c1F. The number of morpholine rings is 1. The largest absolute Gasteiger partial charge is 0.379 e. The van der Waals surface area contributed by atoms with Gasteiger partial charge in [0.1, 0.15) is 0 Å².